The lowest BCUT2D eigenvalue weighted by molar-refractivity contribution is -0.915. The Hall–Kier alpha value is -3.13. The zero-order valence-corrected chi connectivity index (χ0v) is 17.1. The van der Waals surface area contributed by atoms with Crippen LogP contribution in [0.5, 0.6) is 11.5 Å². The molecule has 2 aromatic rings. The number of anilines is 2. The molecule has 0 unspecified atom stereocenters. The maximum absolute atomic E-state index is 13.2. The van der Waals surface area contributed by atoms with E-state index < -0.39 is 6.04 Å². The zero-order chi connectivity index (χ0) is 21.3. The number of hydrogen-bond donors (Lipinski definition) is 1. The molecule has 1 N–H and O–H groups in total. The Bertz CT molecular complexity index is 942. The van der Waals surface area contributed by atoms with E-state index >= 15 is 0 Å². The predicted molar refractivity (Wildman–Crippen MR) is 110 cm³/mol. The Kier molecular flexibility index (Phi) is 5.59. The van der Waals surface area contributed by atoms with E-state index in [4.69, 9.17) is 9.47 Å². The number of quaternary nitrogens is 1. The molecule has 2 saturated heterocycles. The fourth-order valence-electron chi connectivity index (χ4n) is 4.23. The van der Waals surface area contributed by atoms with Crippen molar-refractivity contribution >= 4 is 23.2 Å². The highest BCUT2D eigenvalue weighted by Crippen LogP contribution is 2.34. The molecule has 0 aliphatic carbocycles. The van der Waals surface area contributed by atoms with E-state index in [2.05, 4.69) is 4.90 Å². The molecule has 7 nitrogen and oxygen atoms in total. The van der Waals surface area contributed by atoms with E-state index in [9.17, 15) is 14.0 Å². The molecule has 8 heteroatoms. The summed E-state index contributed by atoms with van der Waals surface area (Å²) in [6.45, 7) is 2.94. The summed E-state index contributed by atoms with van der Waals surface area (Å²) in [4.78, 5) is 30.4. The van der Waals surface area contributed by atoms with Crippen LogP contribution in [0.25, 0.3) is 0 Å². The number of carbonyl (C=O) groups is 2. The summed E-state index contributed by atoms with van der Waals surface area (Å²) in [5.74, 6) is 0.337. The Morgan fingerprint density at radius 1 is 1.00 bits per heavy atom. The molecule has 2 amide bonds. The molecule has 2 heterocycles. The van der Waals surface area contributed by atoms with Crippen molar-refractivity contribution in [2.75, 3.05) is 50.2 Å². The number of halogens is 1. The number of carbonyl (C=O) groups excluding carboxylic acids is 2. The first kappa shape index (κ1) is 20.2. The number of nitrogens with zero attached hydrogens (tertiary/aromatic N) is 2. The van der Waals surface area contributed by atoms with Gasteiger partial charge in [-0.15, -0.1) is 0 Å². The Morgan fingerprint density at radius 2 is 1.70 bits per heavy atom. The summed E-state index contributed by atoms with van der Waals surface area (Å²) in [6, 6.07) is 11.1. The molecule has 2 aliphatic heterocycles. The molecule has 4 rings (SSSR count). The summed E-state index contributed by atoms with van der Waals surface area (Å²) >= 11 is 0. The second-order valence-electron chi connectivity index (χ2n) is 7.48. The van der Waals surface area contributed by atoms with Crippen molar-refractivity contribution in [3.05, 3.63) is 48.3 Å². The van der Waals surface area contributed by atoms with Crippen LogP contribution >= 0.6 is 0 Å². The van der Waals surface area contributed by atoms with Gasteiger partial charge in [0.15, 0.2) is 6.04 Å². The summed E-state index contributed by atoms with van der Waals surface area (Å²) < 4.78 is 23.7. The minimum Gasteiger partial charge on any atom is -0.497 e. The maximum atomic E-state index is 13.2. The van der Waals surface area contributed by atoms with Crippen molar-refractivity contribution in [3.8, 4) is 11.5 Å². The minimum absolute atomic E-state index is 0.180. The zero-order valence-electron chi connectivity index (χ0n) is 17.1. The van der Waals surface area contributed by atoms with Gasteiger partial charge in [-0.1, -0.05) is 0 Å². The first-order valence-corrected chi connectivity index (χ1v) is 9.95. The van der Waals surface area contributed by atoms with E-state index in [1.165, 1.54) is 24.1 Å². The third kappa shape index (κ3) is 3.70. The van der Waals surface area contributed by atoms with Crippen molar-refractivity contribution < 1.29 is 28.4 Å². The average molecular weight is 414 g/mol. The van der Waals surface area contributed by atoms with Crippen molar-refractivity contribution in [2.24, 2.45) is 0 Å². The van der Waals surface area contributed by atoms with Crippen LogP contribution in [0, 0.1) is 5.82 Å². The lowest BCUT2D eigenvalue weighted by Crippen LogP contribution is -3.19. The van der Waals surface area contributed by atoms with Crippen LogP contribution in [0.2, 0.25) is 0 Å². The van der Waals surface area contributed by atoms with E-state index in [1.54, 1.807) is 37.4 Å². The fraction of sp³-hybridized carbons (Fsp3) is 0.364. The topological polar surface area (TPSA) is 63.5 Å². The second-order valence-corrected chi connectivity index (χ2v) is 7.48. The summed E-state index contributed by atoms with van der Waals surface area (Å²) in [6.07, 6.45) is 0.180. The van der Waals surface area contributed by atoms with Crippen LogP contribution < -0.4 is 24.2 Å². The van der Waals surface area contributed by atoms with Gasteiger partial charge in [0, 0.05) is 11.8 Å². The SMILES string of the molecule is COc1ccc(N2C(=O)C[C@H]([NH+]3CCN(c4ccc(F)cc4)CC3)C2=O)c(OC)c1. The molecular formula is C22H25FN3O4+. The highest BCUT2D eigenvalue weighted by Gasteiger charge is 2.47. The Labute approximate surface area is 174 Å². The van der Waals surface area contributed by atoms with Crippen LogP contribution in [0.1, 0.15) is 6.42 Å². The van der Waals surface area contributed by atoms with Crippen LogP contribution in [-0.4, -0.2) is 58.3 Å². The molecular weight excluding hydrogens is 389 g/mol. The summed E-state index contributed by atoms with van der Waals surface area (Å²) in [5, 5.41) is 0. The van der Waals surface area contributed by atoms with Crippen LogP contribution in [0.15, 0.2) is 42.5 Å². The third-order valence-corrected chi connectivity index (χ3v) is 5.86. The quantitative estimate of drug-likeness (QED) is 0.736. The van der Waals surface area contributed by atoms with Crippen LogP contribution in [-0.2, 0) is 9.59 Å². The number of nitrogens with one attached hydrogen (secondary N) is 1. The van der Waals surface area contributed by atoms with Gasteiger partial charge in [0.2, 0.25) is 5.91 Å². The van der Waals surface area contributed by atoms with Gasteiger partial charge >= 0.3 is 0 Å². The Balaban J connectivity index is 1.47. The molecule has 158 valence electrons. The number of ether oxygens (including phenoxy) is 2. The second kappa shape index (κ2) is 8.31. The highest BCUT2D eigenvalue weighted by molar-refractivity contribution is 6.22. The molecule has 0 spiro atoms. The van der Waals surface area contributed by atoms with Crippen molar-refractivity contribution in [1.82, 2.24) is 0 Å². The average Bonchev–Trinajstić information content (AvgIpc) is 3.07. The number of imide groups is 1. The monoisotopic (exact) mass is 414 g/mol. The lowest BCUT2D eigenvalue weighted by atomic mass is 10.1. The molecule has 2 fully saturated rings. The number of methoxy groups -OCH3 is 2. The molecule has 2 aliphatic rings. The maximum Gasteiger partial charge on any atom is 0.292 e. The van der Waals surface area contributed by atoms with Gasteiger partial charge in [-0.2, -0.15) is 0 Å². The van der Waals surface area contributed by atoms with Crippen LogP contribution in [0.4, 0.5) is 15.8 Å². The predicted octanol–water partition coefficient (Wildman–Crippen LogP) is 0.880. The molecule has 0 aromatic heterocycles. The first-order valence-electron chi connectivity index (χ1n) is 9.95. The van der Waals surface area contributed by atoms with Crippen LogP contribution in [0.3, 0.4) is 0 Å². The number of rotatable bonds is 5. The number of hydrogen-bond acceptors (Lipinski definition) is 5. The number of piperazine rings is 1. The third-order valence-electron chi connectivity index (χ3n) is 5.86. The molecule has 2 aromatic carbocycles. The number of amides is 2. The van der Waals surface area contributed by atoms with Gasteiger partial charge in [0.25, 0.3) is 5.91 Å². The summed E-state index contributed by atoms with van der Waals surface area (Å²) in [7, 11) is 3.05. The Morgan fingerprint density at radius 3 is 2.33 bits per heavy atom. The first-order chi connectivity index (χ1) is 14.5. The van der Waals surface area contributed by atoms with E-state index in [0.29, 0.717) is 17.2 Å². The lowest BCUT2D eigenvalue weighted by Gasteiger charge is -2.35. The molecule has 0 bridgehead atoms. The smallest absolute Gasteiger partial charge is 0.292 e. The summed E-state index contributed by atoms with van der Waals surface area (Å²) in [5.41, 5.74) is 1.41. The van der Waals surface area contributed by atoms with Crippen molar-refractivity contribution in [1.29, 1.82) is 0 Å². The van der Waals surface area contributed by atoms with E-state index in [-0.39, 0.29) is 24.1 Å². The minimum atomic E-state index is -0.403. The largest absolute Gasteiger partial charge is 0.497 e. The van der Waals surface area contributed by atoms with Gasteiger partial charge in [-0.25, -0.2) is 9.29 Å². The van der Waals surface area contributed by atoms with E-state index in [1.807, 2.05) is 0 Å². The molecule has 30 heavy (non-hydrogen) atoms. The number of benzene rings is 2. The molecule has 0 radical (unpaired) electrons. The standard InChI is InChI=1S/C22H24FN3O4/c1-29-17-7-8-18(20(13-17)30-2)26-21(27)14-19(22(26)28)25-11-9-24(10-12-25)16-5-3-15(23)4-6-16/h3-8,13,19H,9-12,14H2,1-2H3/p+1/t19-/m0/s1. The van der Waals surface area contributed by atoms with Crippen molar-refractivity contribution in [2.45, 2.75) is 12.5 Å². The fourth-order valence-corrected chi connectivity index (χ4v) is 4.23. The van der Waals surface area contributed by atoms with E-state index in [0.717, 1.165) is 36.8 Å². The van der Waals surface area contributed by atoms with Crippen molar-refractivity contribution in [3.63, 3.8) is 0 Å². The van der Waals surface area contributed by atoms with Gasteiger partial charge in [0.05, 0.1) is 52.5 Å². The van der Waals surface area contributed by atoms with Gasteiger partial charge < -0.3 is 19.3 Å². The molecule has 1 atom stereocenters. The van der Waals surface area contributed by atoms with Gasteiger partial charge in [-0.05, 0) is 36.4 Å². The highest BCUT2D eigenvalue weighted by atomic mass is 19.1. The van der Waals surface area contributed by atoms with Gasteiger partial charge in [0.1, 0.15) is 17.3 Å². The normalized spacial score (nSPS) is 20.0. The van der Waals surface area contributed by atoms with Gasteiger partial charge in [-0.3, -0.25) is 9.59 Å². The molecule has 0 saturated carbocycles.